The van der Waals surface area contributed by atoms with E-state index in [2.05, 4.69) is 0 Å². The molecule has 0 aromatic carbocycles. The van der Waals surface area contributed by atoms with E-state index in [0.717, 1.165) is 6.42 Å². The molecule has 2 heteroatoms. The van der Waals surface area contributed by atoms with Crippen molar-refractivity contribution in [3.05, 3.63) is 0 Å². The van der Waals surface area contributed by atoms with Crippen LogP contribution in [0.4, 0.5) is 0 Å². The average Bonchev–Trinajstić information content (AvgIpc) is 2.64. The highest BCUT2D eigenvalue weighted by Crippen LogP contribution is 2.71. The number of hydrogen-bond acceptors (Lipinski definition) is 2. The molecule has 2 unspecified atom stereocenters. The number of ether oxygens (including phenoxy) is 1. The minimum absolute atomic E-state index is 0.0884. The van der Waals surface area contributed by atoms with E-state index in [9.17, 15) is 5.11 Å². The highest BCUT2D eigenvalue weighted by Gasteiger charge is 2.72. The Morgan fingerprint density at radius 2 is 1.62 bits per heavy atom. The molecule has 2 saturated heterocycles. The van der Waals surface area contributed by atoms with Gasteiger partial charge in [0, 0.05) is 17.8 Å². The zero-order chi connectivity index (χ0) is 10.9. The molecule has 4 atom stereocenters. The van der Waals surface area contributed by atoms with Crippen LogP contribution >= 0.6 is 0 Å². The quantitative estimate of drug-likeness (QED) is 0.682. The first kappa shape index (κ1) is 9.90. The van der Waals surface area contributed by atoms with Crippen LogP contribution < -0.4 is 0 Å². The van der Waals surface area contributed by atoms with Crippen LogP contribution in [-0.2, 0) is 4.74 Å². The second-order valence-electron chi connectivity index (χ2n) is 6.60. The Morgan fingerprint density at radius 3 is 2.50 bits per heavy atom. The minimum Gasteiger partial charge on any atom is -0.365 e. The molecule has 2 saturated carbocycles. The van der Waals surface area contributed by atoms with Crippen LogP contribution in [-0.4, -0.2) is 16.5 Å². The van der Waals surface area contributed by atoms with Crippen LogP contribution in [0.25, 0.3) is 0 Å². The zero-order valence-electron chi connectivity index (χ0n) is 10.0. The van der Waals surface area contributed by atoms with Crippen molar-refractivity contribution in [1.29, 1.82) is 0 Å². The van der Waals surface area contributed by atoms with Gasteiger partial charge in [0.25, 0.3) is 0 Å². The van der Waals surface area contributed by atoms with Gasteiger partial charge in [-0.15, -0.1) is 0 Å². The molecule has 2 heterocycles. The monoisotopic (exact) mass is 222 g/mol. The SMILES string of the molecule is OC12CCC[C@@]3(CCC[C@]34CCCCC14)O2. The Balaban J connectivity index is 1.87. The molecule has 2 aliphatic carbocycles. The third-order valence-electron chi connectivity index (χ3n) is 6.18. The second-order valence-corrected chi connectivity index (χ2v) is 6.60. The molecular weight excluding hydrogens is 200 g/mol. The molecule has 1 N–H and O–H groups in total. The predicted molar refractivity (Wildman–Crippen MR) is 60.9 cm³/mol. The number of hydrogen-bond donors (Lipinski definition) is 1. The molecular formula is C14H22O2. The van der Waals surface area contributed by atoms with E-state index in [1.807, 2.05) is 0 Å². The van der Waals surface area contributed by atoms with Crippen molar-refractivity contribution >= 4 is 0 Å². The van der Waals surface area contributed by atoms with E-state index in [-0.39, 0.29) is 5.60 Å². The van der Waals surface area contributed by atoms with Crippen molar-refractivity contribution in [3.63, 3.8) is 0 Å². The lowest BCUT2D eigenvalue weighted by atomic mass is 9.59. The highest BCUT2D eigenvalue weighted by atomic mass is 16.7. The molecule has 4 aliphatic rings. The van der Waals surface area contributed by atoms with Gasteiger partial charge in [-0.25, -0.2) is 0 Å². The molecule has 0 amide bonds. The van der Waals surface area contributed by atoms with Gasteiger partial charge in [0.1, 0.15) is 0 Å². The van der Waals surface area contributed by atoms with Crippen molar-refractivity contribution in [3.8, 4) is 0 Å². The Bertz CT molecular complexity index is 329. The first-order valence-electron chi connectivity index (χ1n) is 7.14. The summed E-state index contributed by atoms with van der Waals surface area (Å²) in [4.78, 5) is 0. The highest BCUT2D eigenvalue weighted by molar-refractivity contribution is 5.18. The summed E-state index contributed by atoms with van der Waals surface area (Å²) >= 11 is 0. The lowest BCUT2D eigenvalue weighted by molar-refractivity contribution is -0.263. The Hall–Kier alpha value is -0.0800. The summed E-state index contributed by atoms with van der Waals surface area (Å²) in [7, 11) is 0. The molecule has 4 fully saturated rings. The van der Waals surface area contributed by atoms with E-state index >= 15 is 0 Å². The van der Waals surface area contributed by atoms with Crippen molar-refractivity contribution < 1.29 is 9.84 Å². The maximum atomic E-state index is 10.8. The van der Waals surface area contributed by atoms with Gasteiger partial charge >= 0.3 is 0 Å². The van der Waals surface area contributed by atoms with Gasteiger partial charge in [-0.3, -0.25) is 0 Å². The molecule has 0 aromatic rings. The molecule has 2 nitrogen and oxygen atoms in total. The van der Waals surface area contributed by atoms with Gasteiger partial charge < -0.3 is 9.84 Å². The first-order valence-corrected chi connectivity index (χ1v) is 7.14. The summed E-state index contributed by atoms with van der Waals surface area (Å²) in [6.45, 7) is 0. The third kappa shape index (κ3) is 0.896. The van der Waals surface area contributed by atoms with Crippen molar-refractivity contribution in [2.45, 2.75) is 75.6 Å². The molecule has 16 heavy (non-hydrogen) atoms. The van der Waals surface area contributed by atoms with Gasteiger partial charge in [-0.05, 0) is 44.9 Å². The van der Waals surface area contributed by atoms with Gasteiger partial charge in [0.2, 0.25) is 0 Å². The number of aliphatic hydroxyl groups is 1. The third-order valence-corrected chi connectivity index (χ3v) is 6.18. The molecule has 0 aromatic heterocycles. The van der Waals surface area contributed by atoms with Crippen LogP contribution in [0.5, 0.6) is 0 Å². The van der Waals surface area contributed by atoms with Crippen LogP contribution in [0.3, 0.4) is 0 Å². The van der Waals surface area contributed by atoms with E-state index in [4.69, 9.17) is 4.74 Å². The maximum absolute atomic E-state index is 10.8. The molecule has 2 spiro atoms. The predicted octanol–water partition coefficient (Wildman–Crippen LogP) is 2.99. The lowest BCUT2D eigenvalue weighted by Crippen LogP contribution is -2.44. The summed E-state index contributed by atoms with van der Waals surface area (Å²) < 4.78 is 6.29. The summed E-state index contributed by atoms with van der Waals surface area (Å²) in [5.74, 6) is -0.280. The minimum atomic E-state index is -0.737. The molecule has 2 aliphatic heterocycles. The summed E-state index contributed by atoms with van der Waals surface area (Å²) in [6, 6.07) is 0. The summed E-state index contributed by atoms with van der Waals surface area (Å²) in [5, 5.41) is 10.8. The Labute approximate surface area is 97.4 Å². The fourth-order valence-electron chi connectivity index (χ4n) is 5.75. The van der Waals surface area contributed by atoms with Gasteiger partial charge in [0.15, 0.2) is 5.79 Å². The molecule has 2 bridgehead atoms. The van der Waals surface area contributed by atoms with Crippen molar-refractivity contribution in [2.75, 3.05) is 0 Å². The van der Waals surface area contributed by atoms with Crippen LogP contribution in [0.2, 0.25) is 0 Å². The van der Waals surface area contributed by atoms with E-state index in [0.29, 0.717) is 11.3 Å². The second kappa shape index (κ2) is 2.84. The summed E-state index contributed by atoms with van der Waals surface area (Å²) in [5.41, 5.74) is 0.460. The lowest BCUT2D eigenvalue weighted by Gasteiger charge is -2.44. The van der Waals surface area contributed by atoms with E-state index < -0.39 is 5.79 Å². The largest absolute Gasteiger partial charge is 0.365 e. The smallest absolute Gasteiger partial charge is 0.169 e. The molecule has 90 valence electrons. The Morgan fingerprint density at radius 1 is 0.875 bits per heavy atom. The van der Waals surface area contributed by atoms with Crippen LogP contribution in [0, 0.1) is 11.3 Å². The molecule has 0 radical (unpaired) electrons. The Kier molecular flexibility index (Phi) is 1.76. The standard InChI is InChI=1S/C14H22O2/c15-14-10-4-9-13(16-14)8-3-7-12(13)6-2-1-5-11(12)14/h11,15H,1-10H2/t11?,12-,13+,14?/m0/s1. The first-order chi connectivity index (χ1) is 7.71. The van der Waals surface area contributed by atoms with E-state index in [1.165, 1.54) is 57.8 Å². The van der Waals surface area contributed by atoms with Crippen LogP contribution in [0.1, 0.15) is 64.2 Å². The number of fused-ring (bicyclic) bond motifs is 2. The topological polar surface area (TPSA) is 29.5 Å². The fourth-order valence-corrected chi connectivity index (χ4v) is 5.75. The van der Waals surface area contributed by atoms with Gasteiger partial charge in [0.05, 0.1) is 5.60 Å². The van der Waals surface area contributed by atoms with Gasteiger partial charge in [-0.2, -0.15) is 0 Å². The van der Waals surface area contributed by atoms with Crippen molar-refractivity contribution in [2.24, 2.45) is 11.3 Å². The maximum Gasteiger partial charge on any atom is 0.169 e. The van der Waals surface area contributed by atoms with E-state index in [1.54, 1.807) is 0 Å². The van der Waals surface area contributed by atoms with Crippen molar-refractivity contribution in [1.82, 2.24) is 0 Å². The summed E-state index contributed by atoms with van der Waals surface area (Å²) in [6.07, 6.45) is 12.3. The zero-order valence-corrected chi connectivity index (χ0v) is 10.0. The van der Waals surface area contributed by atoms with Gasteiger partial charge in [-0.1, -0.05) is 12.8 Å². The molecule has 4 rings (SSSR count). The fraction of sp³-hybridized carbons (Fsp3) is 1.00. The normalized spacial score (nSPS) is 59.4. The average molecular weight is 222 g/mol. The number of rotatable bonds is 0. The van der Waals surface area contributed by atoms with Crippen LogP contribution in [0.15, 0.2) is 0 Å².